The molecule has 7 heteroatoms. The number of nitriles is 1. The lowest BCUT2D eigenvalue weighted by atomic mass is 10.2. The molecule has 0 aliphatic rings. The second-order valence-electron chi connectivity index (χ2n) is 4.62. The van der Waals surface area contributed by atoms with Crippen LogP contribution in [-0.4, -0.2) is 43.1 Å². The topological polar surface area (TPSA) is 81.0 Å². The van der Waals surface area contributed by atoms with Crippen LogP contribution in [0.2, 0.25) is 0 Å². The molecule has 0 amide bonds. The fourth-order valence-electron chi connectivity index (χ4n) is 1.72. The number of benzene rings is 1. The van der Waals surface area contributed by atoms with Gasteiger partial charge in [-0.05, 0) is 18.2 Å². The Labute approximate surface area is 123 Å². The van der Waals surface area contributed by atoms with Crippen molar-refractivity contribution in [3.8, 4) is 6.07 Å². The van der Waals surface area contributed by atoms with Gasteiger partial charge in [0.05, 0.1) is 11.6 Å². The van der Waals surface area contributed by atoms with Crippen molar-refractivity contribution in [3.05, 3.63) is 29.8 Å². The highest BCUT2D eigenvalue weighted by atomic mass is 15.3. The van der Waals surface area contributed by atoms with E-state index in [-0.39, 0.29) is 0 Å². The standard InChI is InChI=1S/C14H17N7/c1-16-12-17-13(20(2)3)19-14(18-12)21(4)11-7-5-6-10(8-11)9-15/h5-8H,1-4H3,(H,16,17,18,19). The van der Waals surface area contributed by atoms with Crippen LogP contribution in [0, 0.1) is 11.3 Å². The minimum atomic E-state index is 0.493. The molecule has 0 saturated carbocycles. The number of nitrogens with one attached hydrogen (secondary N) is 1. The first-order valence-corrected chi connectivity index (χ1v) is 6.40. The molecule has 1 heterocycles. The van der Waals surface area contributed by atoms with Gasteiger partial charge in [-0.1, -0.05) is 6.07 Å². The van der Waals surface area contributed by atoms with Crippen LogP contribution in [0.15, 0.2) is 24.3 Å². The van der Waals surface area contributed by atoms with Crippen LogP contribution >= 0.6 is 0 Å². The van der Waals surface area contributed by atoms with Gasteiger partial charge in [0.15, 0.2) is 0 Å². The van der Waals surface area contributed by atoms with Crippen LogP contribution in [0.3, 0.4) is 0 Å². The Morgan fingerprint density at radius 1 is 1.10 bits per heavy atom. The van der Waals surface area contributed by atoms with E-state index in [4.69, 9.17) is 5.26 Å². The van der Waals surface area contributed by atoms with Gasteiger partial charge in [0.1, 0.15) is 0 Å². The third-order valence-corrected chi connectivity index (χ3v) is 2.90. The van der Waals surface area contributed by atoms with Crippen molar-refractivity contribution in [3.63, 3.8) is 0 Å². The molecule has 2 aromatic rings. The number of aromatic nitrogens is 3. The zero-order valence-corrected chi connectivity index (χ0v) is 12.5. The van der Waals surface area contributed by atoms with Crippen LogP contribution in [0.4, 0.5) is 23.5 Å². The first-order valence-electron chi connectivity index (χ1n) is 6.40. The van der Waals surface area contributed by atoms with Gasteiger partial charge in [0.2, 0.25) is 17.8 Å². The van der Waals surface area contributed by atoms with Crippen LogP contribution in [0.5, 0.6) is 0 Å². The summed E-state index contributed by atoms with van der Waals surface area (Å²) < 4.78 is 0. The van der Waals surface area contributed by atoms with E-state index in [9.17, 15) is 0 Å². The minimum Gasteiger partial charge on any atom is -0.357 e. The summed E-state index contributed by atoms with van der Waals surface area (Å²) in [5, 5.41) is 11.9. The molecule has 0 radical (unpaired) electrons. The molecule has 0 aliphatic carbocycles. The molecule has 21 heavy (non-hydrogen) atoms. The summed E-state index contributed by atoms with van der Waals surface area (Å²) in [5.74, 6) is 1.56. The van der Waals surface area contributed by atoms with Crippen LogP contribution < -0.4 is 15.1 Å². The molecule has 0 bridgehead atoms. The van der Waals surface area contributed by atoms with Gasteiger partial charge in [-0.3, -0.25) is 0 Å². The quantitative estimate of drug-likeness (QED) is 0.913. The maximum atomic E-state index is 8.99. The largest absolute Gasteiger partial charge is 0.357 e. The summed E-state index contributed by atoms with van der Waals surface area (Å²) in [6, 6.07) is 9.41. The summed E-state index contributed by atoms with van der Waals surface area (Å²) >= 11 is 0. The number of hydrogen-bond donors (Lipinski definition) is 1. The molecule has 1 aromatic heterocycles. The molecular weight excluding hydrogens is 266 g/mol. The van der Waals surface area contributed by atoms with Gasteiger partial charge in [0, 0.05) is 33.9 Å². The molecule has 1 aromatic carbocycles. The SMILES string of the molecule is CNc1nc(N(C)C)nc(N(C)c2cccc(C#N)c2)n1. The predicted octanol–water partition coefficient (Wildman–Crippen LogP) is 1.62. The molecule has 2 rings (SSSR count). The molecule has 0 fully saturated rings. The summed E-state index contributed by atoms with van der Waals surface area (Å²) in [5.41, 5.74) is 1.43. The molecule has 0 atom stereocenters. The average Bonchev–Trinajstić information content (AvgIpc) is 2.53. The van der Waals surface area contributed by atoms with Crippen molar-refractivity contribution < 1.29 is 0 Å². The first kappa shape index (κ1) is 14.5. The lowest BCUT2D eigenvalue weighted by molar-refractivity contribution is 0.933. The van der Waals surface area contributed by atoms with Crippen molar-refractivity contribution in [1.82, 2.24) is 15.0 Å². The third-order valence-electron chi connectivity index (χ3n) is 2.90. The zero-order chi connectivity index (χ0) is 15.4. The summed E-state index contributed by atoms with van der Waals surface area (Å²) in [7, 11) is 7.35. The van der Waals surface area contributed by atoms with Crippen molar-refractivity contribution in [2.75, 3.05) is 43.3 Å². The Bertz CT molecular complexity index is 675. The molecule has 0 spiro atoms. The van der Waals surface area contributed by atoms with Crippen LogP contribution in [0.25, 0.3) is 0 Å². The highest BCUT2D eigenvalue weighted by Crippen LogP contribution is 2.23. The van der Waals surface area contributed by atoms with Crippen LogP contribution in [0.1, 0.15) is 5.56 Å². The molecule has 0 saturated heterocycles. The fourth-order valence-corrected chi connectivity index (χ4v) is 1.72. The maximum absolute atomic E-state index is 8.99. The number of nitrogens with zero attached hydrogens (tertiary/aromatic N) is 6. The van der Waals surface area contributed by atoms with E-state index in [0.717, 1.165) is 5.69 Å². The van der Waals surface area contributed by atoms with Crippen molar-refractivity contribution in [2.45, 2.75) is 0 Å². The Morgan fingerprint density at radius 2 is 1.81 bits per heavy atom. The number of anilines is 4. The van der Waals surface area contributed by atoms with Crippen molar-refractivity contribution in [2.24, 2.45) is 0 Å². The highest BCUT2D eigenvalue weighted by molar-refractivity contribution is 5.60. The molecule has 108 valence electrons. The van der Waals surface area contributed by atoms with Gasteiger partial charge in [-0.15, -0.1) is 0 Å². The van der Waals surface area contributed by atoms with Crippen molar-refractivity contribution in [1.29, 1.82) is 5.26 Å². The molecule has 0 unspecified atom stereocenters. The molecule has 7 nitrogen and oxygen atoms in total. The summed E-state index contributed by atoms with van der Waals surface area (Å²) in [4.78, 5) is 16.7. The fraction of sp³-hybridized carbons (Fsp3) is 0.286. The van der Waals surface area contributed by atoms with E-state index in [1.54, 1.807) is 19.2 Å². The third kappa shape index (κ3) is 3.17. The summed E-state index contributed by atoms with van der Waals surface area (Å²) in [6.07, 6.45) is 0. The van der Waals surface area contributed by atoms with Gasteiger partial charge >= 0.3 is 0 Å². The maximum Gasteiger partial charge on any atom is 0.236 e. The summed E-state index contributed by atoms with van der Waals surface area (Å²) in [6.45, 7) is 0. The predicted molar refractivity (Wildman–Crippen MR) is 82.9 cm³/mol. The molecular formula is C14H17N7. The monoisotopic (exact) mass is 283 g/mol. The Morgan fingerprint density at radius 3 is 2.43 bits per heavy atom. The second kappa shape index (κ2) is 6.05. The number of rotatable bonds is 4. The average molecular weight is 283 g/mol. The minimum absolute atomic E-state index is 0.493. The van der Waals surface area contributed by atoms with E-state index >= 15 is 0 Å². The number of hydrogen-bond acceptors (Lipinski definition) is 7. The normalized spacial score (nSPS) is 9.86. The second-order valence-corrected chi connectivity index (χ2v) is 4.62. The van der Waals surface area contributed by atoms with Crippen LogP contribution in [-0.2, 0) is 0 Å². The highest BCUT2D eigenvalue weighted by Gasteiger charge is 2.12. The van der Waals surface area contributed by atoms with E-state index in [1.165, 1.54) is 0 Å². The Kier molecular flexibility index (Phi) is 4.18. The van der Waals surface area contributed by atoms with Gasteiger partial charge in [0.25, 0.3) is 0 Å². The smallest absolute Gasteiger partial charge is 0.236 e. The van der Waals surface area contributed by atoms with Gasteiger partial charge < -0.3 is 15.1 Å². The van der Waals surface area contributed by atoms with Crippen molar-refractivity contribution >= 4 is 23.5 Å². The van der Waals surface area contributed by atoms with Gasteiger partial charge in [-0.25, -0.2) is 0 Å². The van der Waals surface area contributed by atoms with E-state index in [1.807, 2.05) is 43.1 Å². The zero-order valence-electron chi connectivity index (χ0n) is 12.5. The van der Waals surface area contributed by atoms with Gasteiger partial charge in [-0.2, -0.15) is 20.2 Å². The molecule has 0 aliphatic heterocycles. The first-order chi connectivity index (χ1) is 10.0. The van der Waals surface area contributed by atoms with E-state index in [0.29, 0.717) is 23.4 Å². The lowest BCUT2D eigenvalue weighted by Crippen LogP contribution is -2.19. The van der Waals surface area contributed by atoms with E-state index < -0.39 is 0 Å². The Hall–Kier alpha value is -2.88. The van der Waals surface area contributed by atoms with E-state index in [2.05, 4.69) is 26.3 Å². The Balaban J connectivity index is 2.44. The lowest BCUT2D eigenvalue weighted by Gasteiger charge is -2.20. The molecule has 1 N–H and O–H groups in total.